The van der Waals surface area contributed by atoms with Crippen LogP contribution in [-0.4, -0.2) is 25.3 Å². The van der Waals surface area contributed by atoms with E-state index in [1.807, 2.05) is 0 Å². The maximum absolute atomic E-state index is 13.0. The Bertz CT molecular complexity index is 876. The zero-order chi connectivity index (χ0) is 18.6. The maximum atomic E-state index is 13.0. The van der Waals surface area contributed by atoms with Gasteiger partial charge in [-0.05, 0) is 36.8 Å². The average Bonchev–Trinajstić information content (AvgIpc) is 2.54. The van der Waals surface area contributed by atoms with Crippen molar-refractivity contribution < 1.29 is 27.5 Å². The van der Waals surface area contributed by atoms with Crippen LogP contribution in [0.4, 0.5) is 4.39 Å². The third-order valence-corrected chi connectivity index (χ3v) is 5.01. The average molecular weight is 365 g/mol. The molecule has 1 atom stereocenters. The van der Waals surface area contributed by atoms with Crippen molar-refractivity contribution in [2.75, 3.05) is 0 Å². The lowest BCUT2D eigenvalue weighted by atomic mass is 10.1. The lowest BCUT2D eigenvalue weighted by Crippen LogP contribution is -2.30. The Morgan fingerprint density at radius 2 is 1.64 bits per heavy atom. The van der Waals surface area contributed by atoms with Gasteiger partial charge >= 0.3 is 5.97 Å². The summed E-state index contributed by atoms with van der Waals surface area (Å²) in [4.78, 5) is 22.2. The van der Waals surface area contributed by atoms with Crippen LogP contribution in [0.3, 0.4) is 0 Å². The number of ketones is 1. The van der Waals surface area contributed by atoms with Crippen LogP contribution in [0.25, 0.3) is 0 Å². The number of hydrogen-bond donors (Lipinski definition) is 2. The smallest absolute Gasteiger partial charge is 0.305 e. The summed E-state index contributed by atoms with van der Waals surface area (Å²) in [6, 6.07) is 9.12. The summed E-state index contributed by atoms with van der Waals surface area (Å²) in [6.07, 6.45) is -0.504. The van der Waals surface area contributed by atoms with E-state index in [9.17, 15) is 22.4 Å². The minimum Gasteiger partial charge on any atom is -0.481 e. The highest BCUT2D eigenvalue weighted by Crippen LogP contribution is 2.21. The number of rotatable bonds is 7. The molecule has 0 fully saturated rings. The van der Waals surface area contributed by atoms with Crippen LogP contribution in [0.1, 0.15) is 35.3 Å². The van der Waals surface area contributed by atoms with Crippen LogP contribution in [0.2, 0.25) is 0 Å². The van der Waals surface area contributed by atoms with Crippen molar-refractivity contribution in [3.63, 3.8) is 0 Å². The summed E-state index contributed by atoms with van der Waals surface area (Å²) in [5, 5.41) is 9.02. The van der Waals surface area contributed by atoms with E-state index in [2.05, 4.69) is 4.72 Å². The Morgan fingerprint density at radius 1 is 1.08 bits per heavy atom. The van der Waals surface area contributed by atoms with E-state index in [1.165, 1.54) is 43.3 Å². The molecule has 0 aliphatic carbocycles. The van der Waals surface area contributed by atoms with Gasteiger partial charge in [0, 0.05) is 5.56 Å². The molecule has 0 amide bonds. The first-order valence-electron chi connectivity index (χ1n) is 7.29. The summed E-state index contributed by atoms with van der Waals surface area (Å²) in [6.45, 7) is 1.36. The van der Waals surface area contributed by atoms with Crippen LogP contribution in [0, 0.1) is 5.82 Å². The van der Waals surface area contributed by atoms with Crippen LogP contribution in [0.15, 0.2) is 53.4 Å². The molecule has 6 nitrogen and oxygen atoms in total. The first kappa shape index (κ1) is 18.8. The number of Topliss-reactive ketones (excluding diaryl/α,β-unsaturated/α-hetero) is 1. The normalized spacial score (nSPS) is 12.6. The fourth-order valence-electron chi connectivity index (χ4n) is 2.22. The highest BCUT2D eigenvalue weighted by Gasteiger charge is 2.23. The van der Waals surface area contributed by atoms with Crippen LogP contribution >= 0.6 is 0 Å². The van der Waals surface area contributed by atoms with Crippen molar-refractivity contribution in [1.29, 1.82) is 0 Å². The van der Waals surface area contributed by atoms with Crippen LogP contribution in [0.5, 0.6) is 0 Å². The second kappa shape index (κ2) is 7.54. The van der Waals surface area contributed by atoms with Gasteiger partial charge in [0.2, 0.25) is 10.0 Å². The van der Waals surface area contributed by atoms with Gasteiger partial charge in [-0.2, -0.15) is 0 Å². The predicted octanol–water partition coefficient (Wildman–Crippen LogP) is 2.52. The summed E-state index contributed by atoms with van der Waals surface area (Å²) in [5.41, 5.74) is 0.687. The van der Waals surface area contributed by atoms with Crippen LogP contribution in [-0.2, 0) is 14.8 Å². The molecule has 8 heteroatoms. The Morgan fingerprint density at radius 3 is 2.12 bits per heavy atom. The molecule has 0 saturated heterocycles. The third kappa shape index (κ3) is 4.94. The Balaban J connectivity index is 2.31. The highest BCUT2D eigenvalue weighted by molar-refractivity contribution is 7.89. The second-order valence-corrected chi connectivity index (χ2v) is 7.12. The van der Waals surface area contributed by atoms with E-state index in [0.717, 1.165) is 12.1 Å². The Labute approximate surface area is 144 Å². The van der Waals surface area contributed by atoms with E-state index in [1.54, 1.807) is 0 Å². The van der Waals surface area contributed by atoms with Crippen molar-refractivity contribution in [2.24, 2.45) is 0 Å². The lowest BCUT2D eigenvalue weighted by Gasteiger charge is -2.17. The number of carboxylic acids is 1. The van der Waals surface area contributed by atoms with E-state index >= 15 is 0 Å². The maximum Gasteiger partial charge on any atom is 0.305 e. The van der Waals surface area contributed by atoms with Gasteiger partial charge in [-0.25, -0.2) is 17.5 Å². The number of sulfonamides is 1. The molecule has 0 aliphatic rings. The summed E-state index contributed by atoms with van der Waals surface area (Å²) in [5.74, 6) is -1.92. The van der Waals surface area contributed by atoms with Gasteiger partial charge in [-0.15, -0.1) is 0 Å². The number of nitrogens with one attached hydrogen (secondary N) is 1. The van der Waals surface area contributed by atoms with Crippen molar-refractivity contribution >= 4 is 21.8 Å². The zero-order valence-electron chi connectivity index (χ0n) is 13.3. The summed E-state index contributed by atoms with van der Waals surface area (Å²) < 4.78 is 40.3. The van der Waals surface area contributed by atoms with Gasteiger partial charge in [0.25, 0.3) is 0 Å². The first-order valence-corrected chi connectivity index (χ1v) is 8.78. The second-order valence-electron chi connectivity index (χ2n) is 5.40. The Hall–Kier alpha value is -2.58. The minimum atomic E-state index is -4.02. The van der Waals surface area contributed by atoms with Crippen molar-refractivity contribution in [3.8, 4) is 0 Å². The fourth-order valence-corrected chi connectivity index (χ4v) is 3.45. The van der Waals surface area contributed by atoms with Gasteiger partial charge in [-0.3, -0.25) is 9.59 Å². The van der Waals surface area contributed by atoms with Gasteiger partial charge in [0.05, 0.1) is 17.4 Å². The number of halogens is 1. The molecular formula is C17H16FNO5S. The minimum absolute atomic E-state index is 0.102. The molecule has 0 aliphatic heterocycles. The molecule has 0 aromatic heterocycles. The quantitative estimate of drug-likeness (QED) is 0.735. The van der Waals surface area contributed by atoms with Crippen molar-refractivity contribution in [1.82, 2.24) is 4.72 Å². The largest absolute Gasteiger partial charge is 0.481 e. The highest BCUT2D eigenvalue weighted by atomic mass is 32.2. The molecule has 132 valence electrons. The summed E-state index contributed by atoms with van der Waals surface area (Å²) in [7, 11) is -4.02. The molecule has 0 bridgehead atoms. The molecule has 2 rings (SSSR count). The van der Waals surface area contributed by atoms with Crippen LogP contribution < -0.4 is 4.72 Å². The zero-order valence-corrected chi connectivity index (χ0v) is 14.1. The van der Waals surface area contributed by atoms with Gasteiger partial charge in [0.1, 0.15) is 5.82 Å². The first-order chi connectivity index (χ1) is 11.7. The SMILES string of the molecule is CC(=O)c1ccc(S(=O)(=O)NC(CC(=O)O)c2ccc(F)cc2)cc1. The molecule has 0 radical (unpaired) electrons. The number of hydrogen-bond acceptors (Lipinski definition) is 4. The van der Waals surface area contributed by atoms with E-state index in [-0.39, 0.29) is 10.7 Å². The van der Waals surface area contributed by atoms with Crippen molar-refractivity contribution in [2.45, 2.75) is 24.3 Å². The molecule has 0 heterocycles. The molecule has 25 heavy (non-hydrogen) atoms. The summed E-state index contributed by atoms with van der Waals surface area (Å²) >= 11 is 0. The third-order valence-electron chi connectivity index (χ3n) is 3.52. The van der Waals surface area contributed by atoms with Crippen molar-refractivity contribution in [3.05, 3.63) is 65.5 Å². The topological polar surface area (TPSA) is 101 Å². The fraction of sp³-hybridized carbons (Fsp3) is 0.176. The predicted molar refractivity (Wildman–Crippen MR) is 88.2 cm³/mol. The molecule has 2 N–H and O–H groups in total. The molecule has 2 aromatic carbocycles. The monoisotopic (exact) mass is 365 g/mol. The molecule has 0 saturated carbocycles. The number of carbonyl (C=O) groups is 2. The van der Waals surface area contributed by atoms with Gasteiger partial charge < -0.3 is 5.11 Å². The standard InChI is InChI=1S/C17H16FNO5S/c1-11(20)12-4-8-15(9-5-12)25(23,24)19-16(10-17(21)22)13-2-6-14(18)7-3-13/h2-9,16,19H,10H2,1H3,(H,21,22). The number of carboxylic acid groups (broad SMARTS) is 1. The van der Waals surface area contributed by atoms with E-state index in [4.69, 9.17) is 5.11 Å². The van der Waals surface area contributed by atoms with E-state index < -0.39 is 34.3 Å². The number of benzene rings is 2. The number of carbonyl (C=O) groups excluding carboxylic acids is 1. The van der Waals surface area contributed by atoms with E-state index in [0.29, 0.717) is 11.1 Å². The van der Waals surface area contributed by atoms with Gasteiger partial charge in [0.15, 0.2) is 5.78 Å². The van der Waals surface area contributed by atoms with Gasteiger partial charge in [-0.1, -0.05) is 24.3 Å². The molecule has 1 unspecified atom stereocenters. The lowest BCUT2D eigenvalue weighted by molar-refractivity contribution is -0.137. The Kier molecular flexibility index (Phi) is 5.66. The molecule has 0 spiro atoms. The number of aliphatic carboxylic acids is 1. The molecule has 2 aromatic rings. The molecular weight excluding hydrogens is 349 g/mol.